The smallest absolute Gasteiger partial charge is 0.177 e. The molecule has 72 valence electrons. The number of imidazole rings is 1. The van der Waals surface area contributed by atoms with Gasteiger partial charge in [-0.1, -0.05) is 13.3 Å². The van der Waals surface area contributed by atoms with Crippen LogP contribution in [0.25, 0.3) is 0 Å². The molecule has 1 saturated carbocycles. The lowest BCUT2D eigenvalue weighted by molar-refractivity contribution is 0.557. The zero-order valence-corrected chi connectivity index (χ0v) is 9.03. The second-order valence-electron chi connectivity index (χ2n) is 4.01. The average Bonchev–Trinajstić information content (AvgIpc) is 2.81. The molecule has 0 saturated heterocycles. The molecule has 1 N–H and O–H groups in total. The summed E-state index contributed by atoms with van der Waals surface area (Å²) in [4.78, 5) is 3.08. The van der Waals surface area contributed by atoms with Gasteiger partial charge in [0.05, 0.1) is 0 Å². The summed E-state index contributed by atoms with van der Waals surface area (Å²) in [5.41, 5.74) is 1.26. The summed E-state index contributed by atoms with van der Waals surface area (Å²) in [6.07, 6.45) is 4.70. The number of aromatic amines is 1. The van der Waals surface area contributed by atoms with Gasteiger partial charge < -0.3 is 9.55 Å². The maximum atomic E-state index is 5.20. The Kier molecular flexibility index (Phi) is 2.28. The first-order valence-corrected chi connectivity index (χ1v) is 5.38. The number of aryl methyl sites for hydroxylation is 1. The largest absolute Gasteiger partial charge is 0.337 e. The predicted octanol–water partition coefficient (Wildman–Crippen LogP) is 2.90. The number of nitrogens with one attached hydrogen (secondary N) is 1. The van der Waals surface area contributed by atoms with Crippen LogP contribution in [0.5, 0.6) is 0 Å². The van der Waals surface area contributed by atoms with Gasteiger partial charge in [0.25, 0.3) is 0 Å². The van der Waals surface area contributed by atoms with Crippen LogP contribution in [-0.4, -0.2) is 9.55 Å². The minimum Gasteiger partial charge on any atom is -0.337 e. The van der Waals surface area contributed by atoms with Crippen molar-refractivity contribution in [2.45, 2.75) is 33.2 Å². The van der Waals surface area contributed by atoms with Gasteiger partial charge >= 0.3 is 0 Å². The first-order chi connectivity index (χ1) is 6.22. The number of aromatic nitrogens is 2. The maximum absolute atomic E-state index is 5.20. The first kappa shape index (κ1) is 9.00. The molecule has 2 unspecified atom stereocenters. The molecule has 0 aromatic carbocycles. The molecule has 13 heavy (non-hydrogen) atoms. The minimum atomic E-state index is 0.874. The fraction of sp³-hybridized carbons (Fsp3) is 0.700. The molecule has 1 aliphatic rings. The third-order valence-electron chi connectivity index (χ3n) is 3.09. The zero-order valence-electron chi connectivity index (χ0n) is 8.21. The molecule has 1 heterocycles. The van der Waals surface area contributed by atoms with E-state index >= 15 is 0 Å². The van der Waals surface area contributed by atoms with E-state index in [9.17, 15) is 0 Å². The SMILES string of the molecule is CCC1CC1Cn1c(C)c[nH]c1=S. The topological polar surface area (TPSA) is 20.7 Å². The highest BCUT2D eigenvalue weighted by atomic mass is 32.1. The van der Waals surface area contributed by atoms with E-state index in [4.69, 9.17) is 12.2 Å². The number of nitrogens with zero attached hydrogens (tertiary/aromatic N) is 1. The summed E-state index contributed by atoms with van der Waals surface area (Å²) < 4.78 is 3.09. The molecule has 1 aromatic rings. The summed E-state index contributed by atoms with van der Waals surface area (Å²) in [7, 11) is 0. The van der Waals surface area contributed by atoms with Crippen LogP contribution in [0, 0.1) is 23.5 Å². The highest BCUT2D eigenvalue weighted by molar-refractivity contribution is 7.71. The Hall–Kier alpha value is -0.570. The van der Waals surface area contributed by atoms with Crippen LogP contribution in [0.3, 0.4) is 0 Å². The molecule has 1 aliphatic carbocycles. The number of H-pyrrole nitrogens is 1. The van der Waals surface area contributed by atoms with Gasteiger partial charge in [0.15, 0.2) is 4.77 Å². The molecule has 0 aliphatic heterocycles. The summed E-state index contributed by atoms with van der Waals surface area (Å²) in [5.74, 6) is 1.84. The second kappa shape index (κ2) is 3.29. The Morgan fingerprint density at radius 1 is 1.62 bits per heavy atom. The molecule has 2 nitrogen and oxygen atoms in total. The average molecular weight is 196 g/mol. The van der Waals surface area contributed by atoms with Gasteiger partial charge in [-0.05, 0) is 37.4 Å². The van der Waals surface area contributed by atoms with Crippen molar-refractivity contribution in [3.05, 3.63) is 16.7 Å². The highest BCUT2D eigenvalue weighted by Gasteiger charge is 2.35. The number of hydrogen-bond donors (Lipinski definition) is 1. The molecular formula is C10H16N2S. The molecular weight excluding hydrogens is 180 g/mol. The molecule has 0 bridgehead atoms. The van der Waals surface area contributed by atoms with Gasteiger partial charge in [0, 0.05) is 18.4 Å². The van der Waals surface area contributed by atoms with Crippen LogP contribution >= 0.6 is 12.2 Å². The third-order valence-corrected chi connectivity index (χ3v) is 3.42. The van der Waals surface area contributed by atoms with Crippen LogP contribution in [0.4, 0.5) is 0 Å². The van der Waals surface area contributed by atoms with Crippen molar-refractivity contribution in [2.75, 3.05) is 0 Å². The lowest BCUT2D eigenvalue weighted by Crippen LogP contribution is -2.02. The standard InChI is InChI=1S/C10H16N2S/c1-3-8-4-9(8)6-12-7(2)5-11-10(12)13/h5,8-9H,3-4,6H2,1-2H3,(H,11,13). The monoisotopic (exact) mass is 196 g/mol. The quantitative estimate of drug-likeness (QED) is 0.737. The summed E-state index contributed by atoms with van der Waals surface area (Å²) in [6.45, 7) is 5.50. The van der Waals surface area contributed by atoms with Gasteiger partial charge in [0.1, 0.15) is 0 Å². The van der Waals surface area contributed by atoms with E-state index in [2.05, 4.69) is 23.4 Å². The van der Waals surface area contributed by atoms with Crippen molar-refractivity contribution in [1.29, 1.82) is 0 Å². The van der Waals surface area contributed by atoms with E-state index in [0.29, 0.717) is 0 Å². The van der Waals surface area contributed by atoms with Gasteiger partial charge in [-0.2, -0.15) is 0 Å². The van der Waals surface area contributed by atoms with Gasteiger partial charge in [-0.15, -0.1) is 0 Å². The number of rotatable bonds is 3. The van der Waals surface area contributed by atoms with Gasteiger partial charge in [-0.25, -0.2) is 0 Å². The third kappa shape index (κ3) is 1.70. The van der Waals surface area contributed by atoms with Crippen molar-refractivity contribution in [3.63, 3.8) is 0 Å². The summed E-state index contributed by atoms with van der Waals surface area (Å²) in [6, 6.07) is 0. The Balaban J connectivity index is 2.07. The van der Waals surface area contributed by atoms with Crippen LogP contribution in [0.1, 0.15) is 25.5 Å². The van der Waals surface area contributed by atoms with E-state index in [0.717, 1.165) is 23.2 Å². The Morgan fingerprint density at radius 3 is 2.85 bits per heavy atom. The van der Waals surface area contributed by atoms with E-state index in [1.807, 2.05) is 6.20 Å². The number of hydrogen-bond acceptors (Lipinski definition) is 1. The van der Waals surface area contributed by atoms with Gasteiger partial charge in [-0.3, -0.25) is 0 Å². The molecule has 3 heteroatoms. The van der Waals surface area contributed by atoms with E-state index < -0.39 is 0 Å². The second-order valence-corrected chi connectivity index (χ2v) is 4.40. The maximum Gasteiger partial charge on any atom is 0.177 e. The molecule has 1 fully saturated rings. The Morgan fingerprint density at radius 2 is 2.38 bits per heavy atom. The highest BCUT2D eigenvalue weighted by Crippen LogP contribution is 2.42. The van der Waals surface area contributed by atoms with Gasteiger partial charge in [0.2, 0.25) is 0 Å². The summed E-state index contributed by atoms with van der Waals surface area (Å²) in [5, 5.41) is 0. The first-order valence-electron chi connectivity index (χ1n) is 4.97. The molecule has 2 rings (SSSR count). The van der Waals surface area contributed by atoms with Crippen molar-refractivity contribution in [1.82, 2.24) is 9.55 Å². The van der Waals surface area contributed by atoms with E-state index in [-0.39, 0.29) is 0 Å². The lowest BCUT2D eigenvalue weighted by atomic mass is 10.2. The van der Waals surface area contributed by atoms with Crippen molar-refractivity contribution >= 4 is 12.2 Å². The Bertz CT molecular complexity index is 350. The fourth-order valence-corrected chi connectivity index (χ4v) is 2.25. The van der Waals surface area contributed by atoms with Crippen molar-refractivity contribution in [3.8, 4) is 0 Å². The molecule has 1 aromatic heterocycles. The van der Waals surface area contributed by atoms with Crippen LogP contribution < -0.4 is 0 Å². The molecule has 2 atom stereocenters. The Labute approximate surface area is 84.0 Å². The normalized spacial score (nSPS) is 26.3. The predicted molar refractivity (Wildman–Crippen MR) is 56.2 cm³/mol. The summed E-state index contributed by atoms with van der Waals surface area (Å²) >= 11 is 5.20. The van der Waals surface area contributed by atoms with Crippen LogP contribution in [-0.2, 0) is 6.54 Å². The minimum absolute atomic E-state index is 0.874. The molecule has 0 spiro atoms. The zero-order chi connectivity index (χ0) is 9.42. The molecule has 0 amide bonds. The van der Waals surface area contributed by atoms with Crippen LogP contribution in [0.2, 0.25) is 0 Å². The fourth-order valence-electron chi connectivity index (χ4n) is 1.98. The van der Waals surface area contributed by atoms with E-state index in [1.165, 1.54) is 18.5 Å². The molecule has 0 radical (unpaired) electrons. The van der Waals surface area contributed by atoms with Crippen LogP contribution in [0.15, 0.2) is 6.20 Å². The lowest BCUT2D eigenvalue weighted by Gasteiger charge is -2.03. The van der Waals surface area contributed by atoms with E-state index in [1.54, 1.807) is 0 Å². The van der Waals surface area contributed by atoms with Crippen molar-refractivity contribution < 1.29 is 0 Å². The van der Waals surface area contributed by atoms with Crippen molar-refractivity contribution in [2.24, 2.45) is 11.8 Å².